The zero-order valence-electron chi connectivity index (χ0n) is 12.8. The van der Waals surface area contributed by atoms with Gasteiger partial charge in [0.05, 0.1) is 0 Å². The molecule has 112 valence electrons. The van der Waals surface area contributed by atoms with Crippen LogP contribution in [0.4, 0.5) is 4.79 Å². The summed E-state index contributed by atoms with van der Waals surface area (Å²) in [5.41, 5.74) is 1.72. The van der Waals surface area contributed by atoms with Gasteiger partial charge in [-0.2, -0.15) is 0 Å². The van der Waals surface area contributed by atoms with E-state index in [-0.39, 0.29) is 12.7 Å². The third-order valence-electron chi connectivity index (χ3n) is 2.86. The highest BCUT2D eigenvalue weighted by atomic mass is 16.6. The lowest BCUT2D eigenvalue weighted by atomic mass is 10.1. The standard InChI is InChI=1S/C16H25NO3/c1-13-8-5-6-9-14(13)12-17(10-7-11-18)15(19)20-16(2,3)4/h5-6,8-9,18H,7,10-12H2,1-4H3. The maximum atomic E-state index is 12.2. The largest absolute Gasteiger partial charge is 0.444 e. The van der Waals surface area contributed by atoms with E-state index in [2.05, 4.69) is 0 Å². The molecule has 0 heterocycles. The lowest BCUT2D eigenvalue weighted by Gasteiger charge is -2.27. The Morgan fingerprint density at radius 1 is 1.30 bits per heavy atom. The maximum absolute atomic E-state index is 12.2. The molecule has 4 nitrogen and oxygen atoms in total. The molecular weight excluding hydrogens is 254 g/mol. The van der Waals surface area contributed by atoms with Crippen molar-refractivity contribution in [3.8, 4) is 0 Å². The molecule has 20 heavy (non-hydrogen) atoms. The van der Waals surface area contributed by atoms with E-state index in [0.29, 0.717) is 19.5 Å². The van der Waals surface area contributed by atoms with Crippen LogP contribution in [0.5, 0.6) is 0 Å². The normalized spacial score (nSPS) is 11.2. The van der Waals surface area contributed by atoms with Gasteiger partial charge in [-0.25, -0.2) is 4.79 Å². The van der Waals surface area contributed by atoms with Crippen molar-refractivity contribution in [2.75, 3.05) is 13.2 Å². The minimum absolute atomic E-state index is 0.0626. The van der Waals surface area contributed by atoms with Gasteiger partial charge < -0.3 is 14.7 Å². The first-order valence-corrected chi connectivity index (χ1v) is 6.97. The molecule has 0 aromatic heterocycles. The molecule has 1 N–H and O–H groups in total. The van der Waals surface area contributed by atoms with Crippen LogP contribution in [0.25, 0.3) is 0 Å². The summed E-state index contributed by atoms with van der Waals surface area (Å²) in [4.78, 5) is 13.8. The van der Waals surface area contributed by atoms with Gasteiger partial charge in [-0.05, 0) is 45.2 Å². The van der Waals surface area contributed by atoms with Crippen LogP contribution in [0.1, 0.15) is 38.3 Å². The molecule has 0 unspecified atom stereocenters. The second-order valence-electron chi connectivity index (χ2n) is 5.91. The summed E-state index contributed by atoms with van der Waals surface area (Å²) in [7, 11) is 0. The molecule has 0 aliphatic heterocycles. The average molecular weight is 279 g/mol. The molecule has 1 rings (SSSR count). The number of hydrogen-bond donors (Lipinski definition) is 1. The molecule has 0 radical (unpaired) electrons. The summed E-state index contributed by atoms with van der Waals surface area (Å²) in [6.45, 7) is 8.62. The highest BCUT2D eigenvalue weighted by Crippen LogP contribution is 2.15. The number of aliphatic hydroxyl groups is 1. The highest BCUT2D eigenvalue weighted by molar-refractivity contribution is 5.68. The third-order valence-corrected chi connectivity index (χ3v) is 2.86. The van der Waals surface area contributed by atoms with Crippen molar-refractivity contribution in [1.82, 2.24) is 4.90 Å². The Bertz CT molecular complexity index is 438. The van der Waals surface area contributed by atoms with Crippen molar-refractivity contribution in [3.05, 3.63) is 35.4 Å². The number of benzene rings is 1. The van der Waals surface area contributed by atoms with Crippen LogP contribution in [0.3, 0.4) is 0 Å². The predicted octanol–water partition coefficient (Wildman–Crippen LogP) is 3.11. The van der Waals surface area contributed by atoms with Crippen molar-refractivity contribution in [1.29, 1.82) is 0 Å². The topological polar surface area (TPSA) is 49.8 Å². The Labute approximate surface area is 121 Å². The second-order valence-corrected chi connectivity index (χ2v) is 5.91. The number of aliphatic hydroxyl groups excluding tert-OH is 1. The molecule has 1 amide bonds. The van der Waals surface area contributed by atoms with Crippen molar-refractivity contribution in [2.45, 2.75) is 46.3 Å². The van der Waals surface area contributed by atoms with Crippen LogP contribution in [-0.4, -0.2) is 34.9 Å². The molecule has 0 saturated heterocycles. The van der Waals surface area contributed by atoms with Crippen LogP contribution >= 0.6 is 0 Å². The van der Waals surface area contributed by atoms with E-state index in [1.54, 1.807) is 4.90 Å². The lowest BCUT2D eigenvalue weighted by Crippen LogP contribution is -2.37. The molecule has 0 atom stereocenters. The van der Waals surface area contributed by atoms with Crippen LogP contribution in [-0.2, 0) is 11.3 Å². The molecule has 1 aromatic rings. The van der Waals surface area contributed by atoms with Crippen LogP contribution in [0, 0.1) is 6.92 Å². The summed E-state index contributed by atoms with van der Waals surface area (Å²) >= 11 is 0. The number of rotatable bonds is 5. The van der Waals surface area contributed by atoms with Gasteiger partial charge in [-0.1, -0.05) is 24.3 Å². The molecule has 4 heteroatoms. The van der Waals surface area contributed by atoms with Gasteiger partial charge >= 0.3 is 6.09 Å². The van der Waals surface area contributed by atoms with Crippen molar-refractivity contribution in [3.63, 3.8) is 0 Å². The fraction of sp³-hybridized carbons (Fsp3) is 0.562. The predicted molar refractivity (Wildman–Crippen MR) is 79.5 cm³/mol. The Kier molecular flexibility index (Phi) is 6.02. The summed E-state index contributed by atoms with van der Waals surface area (Å²) in [6, 6.07) is 7.96. The number of amides is 1. The van der Waals surface area contributed by atoms with Crippen LogP contribution in [0.15, 0.2) is 24.3 Å². The van der Waals surface area contributed by atoms with E-state index in [1.165, 1.54) is 0 Å². The minimum Gasteiger partial charge on any atom is -0.444 e. The van der Waals surface area contributed by atoms with Crippen LogP contribution < -0.4 is 0 Å². The monoisotopic (exact) mass is 279 g/mol. The summed E-state index contributed by atoms with van der Waals surface area (Å²) in [5.74, 6) is 0. The number of ether oxygens (including phenoxy) is 1. The van der Waals surface area contributed by atoms with Crippen molar-refractivity contribution < 1.29 is 14.6 Å². The van der Waals surface area contributed by atoms with Gasteiger partial charge in [0.15, 0.2) is 0 Å². The molecule has 0 saturated carbocycles. The second kappa shape index (κ2) is 7.29. The molecule has 0 fully saturated rings. The fourth-order valence-corrected chi connectivity index (χ4v) is 1.82. The van der Waals surface area contributed by atoms with E-state index in [4.69, 9.17) is 9.84 Å². The van der Waals surface area contributed by atoms with Gasteiger partial charge in [0.25, 0.3) is 0 Å². The Morgan fingerprint density at radius 3 is 2.50 bits per heavy atom. The minimum atomic E-state index is -0.514. The summed E-state index contributed by atoms with van der Waals surface area (Å²) < 4.78 is 5.41. The van der Waals surface area contributed by atoms with E-state index in [0.717, 1.165) is 11.1 Å². The van der Waals surface area contributed by atoms with Gasteiger partial charge in [0, 0.05) is 19.7 Å². The van der Waals surface area contributed by atoms with E-state index in [1.807, 2.05) is 52.0 Å². The summed E-state index contributed by atoms with van der Waals surface area (Å²) in [5, 5.41) is 8.97. The van der Waals surface area contributed by atoms with Crippen molar-refractivity contribution in [2.24, 2.45) is 0 Å². The first-order chi connectivity index (χ1) is 9.33. The van der Waals surface area contributed by atoms with Crippen molar-refractivity contribution >= 4 is 6.09 Å². The smallest absolute Gasteiger partial charge is 0.410 e. The van der Waals surface area contributed by atoms with Gasteiger partial charge in [-0.3, -0.25) is 0 Å². The van der Waals surface area contributed by atoms with E-state index < -0.39 is 5.60 Å². The molecule has 1 aromatic carbocycles. The molecule has 0 aliphatic carbocycles. The number of nitrogens with zero attached hydrogens (tertiary/aromatic N) is 1. The zero-order chi connectivity index (χ0) is 15.2. The number of carbonyl (C=O) groups excluding carboxylic acids is 1. The Hall–Kier alpha value is -1.55. The van der Waals surface area contributed by atoms with Crippen LogP contribution in [0.2, 0.25) is 0 Å². The molecule has 0 bridgehead atoms. The first kappa shape index (κ1) is 16.5. The Balaban J connectivity index is 2.79. The van der Waals surface area contributed by atoms with Gasteiger partial charge in [-0.15, -0.1) is 0 Å². The Morgan fingerprint density at radius 2 is 1.95 bits per heavy atom. The van der Waals surface area contributed by atoms with Gasteiger partial charge in [0.2, 0.25) is 0 Å². The zero-order valence-corrected chi connectivity index (χ0v) is 12.8. The maximum Gasteiger partial charge on any atom is 0.410 e. The summed E-state index contributed by atoms with van der Waals surface area (Å²) in [6.07, 6.45) is 0.208. The lowest BCUT2D eigenvalue weighted by molar-refractivity contribution is 0.0223. The molecular formula is C16H25NO3. The fourth-order valence-electron chi connectivity index (χ4n) is 1.82. The highest BCUT2D eigenvalue weighted by Gasteiger charge is 2.22. The quantitative estimate of drug-likeness (QED) is 0.901. The number of carbonyl (C=O) groups is 1. The SMILES string of the molecule is Cc1ccccc1CN(CCCO)C(=O)OC(C)(C)C. The third kappa shape index (κ3) is 5.61. The number of hydrogen-bond acceptors (Lipinski definition) is 3. The number of aryl methyl sites for hydroxylation is 1. The molecule has 0 spiro atoms. The van der Waals surface area contributed by atoms with Gasteiger partial charge in [0.1, 0.15) is 5.60 Å². The average Bonchev–Trinajstić information content (AvgIpc) is 2.34. The molecule has 0 aliphatic rings. The van der Waals surface area contributed by atoms with E-state index in [9.17, 15) is 4.79 Å². The first-order valence-electron chi connectivity index (χ1n) is 6.97. The van der Waals surface area contributed by atoms with E-state index >= 15 is 0 Å².